The van der Waals surface area contributed by atoms with Crippen molar-refractivity contribution >= 4 is 17.6 Å². The lowest BCUT2D eigenvalue weighted by atomic mass is 10.3. The molecule has 0 aliphatic rings. The molecule has 0 unspecified atom stereocenters. The van der Waals surface area contributed by atoms with E-state index in [0.717, 1.165) is 0 Å². The summed E-state index contributed by atoms with van der Waals surface area (Å²) in [6.45, 7) is 3.72. The minimum Gasteiger partial charge on any atom is -0.488 e. The Labute approximate surface area is 93.2 Å². The van der Waals surface area contributed by atoms with Gasteiger partial charge in [0.05, 0.1) is 18.8 Å². The first-order chi connectivity index (χ1) is 7.04. The SMILES string of the molecule is COC(=O)c1cnc(Cl)c(OC(C)C)c1. The van der Waals surface area contributed by atoms with E-state index >= 15 is 0 Å². The van der Waals surface area contributed by atoms with Crippen LogP contribution in [0.3, 0.4) is 0 Å². The van der Waals surface area contributed by atoms with Gasteiger partial charge in [-0.2, -0.15) is 0 Å². The Morgan fingerprint density at radius 3 is 2.73 bits per heavy atom. The fourth-order valence-electron chi connectivity index (χ4n) is 0.994. The van der Waals surface area contributed by atoms with Gasteiger partial charge in [0.15, 0.2) is 10.9 Å². The zero-order valence-electron chi connectivity index (χ0n) is 8.78. The van der Waals surface area contributed by atoms with Gasteiger partial charge in [-0.1, -0.05) is 11.6 Å². The minimum atomic E-state index is -0.465. The number of carbonyl (C=O) groups excluding carboxylic acids is 1. The Balaban J connectivity index is 2.99. The Kier molecular flexibility index (Phi) is 3.91. The Hall–Kier alpha value is -1.29. The van der Waals surface area contributed by atoms with Gasteiger partial charge in [-0.05, 0) is 19.9 Å². The maximum atomic E-state index is 11.2. The van der Waals surface area contributed by atoms with Crippen LogP contribution in [0.4, 0.5) is 0 Å². The maximum Gasteiger partial charge on any atom is 0.339 e. The lowest BCUT2D eigenvalue weighted by Crippen LogP contribution is -2.08. The van der Waals surface area contributed by atoms with Crippen LogP contribution in [0, 0.1) is 0 Å². The van der Waals surface area contributed by atoms with Gasteiger partial charge in [0.1, 0.15) is 0 Å². The van der Waals surface area contributed by atoms with Crippen LogP contribution < -0.4 is 4.74 Å². The molecule has 1 aromatic heterocycles. The third kappa shape index (κ3) is 3.09. The quantitative estimate of drug-likeness (QED) is 0.590. The molecule has 15 heavy (non-hydrogen) atoms. The van der Waals surface area contributed by atoms with Crippen molar-refractivity contribution in [3.05, 3.63) is 23.0 Å². The summed E-state index contributed by atoms with van der Waals surface area (Å²) in [5, 5.41) is 0.233. The van der Waals surface area contributed by atoms with E-state index in [1.54, 1.807) is 0 Å². The number of ether oxygens (including phenoxy) is 2. The zero-order valence-corrected chi connectivity index (χ0v) is 9.54. The summed E-state index contributed by atoms with van der Waals surface area (Å²) in [7, 11) is 1.31. The first-order valence-electron chi connectivity index (χ1n) is 4.45. The number of esters is 1. The van der Waals surface area contributed by atoms with Gasteiger partial charge in [0, 0.05) is 6.20 Å². The first kappa shape index (κ1) is 11.8. The second-order valence-corrected chi connectivity index (χ2v) is 3.53. The summed E-state index contributed by atoms with van der Waals surface area (Å²) >= 11 is 5.80. The second kappa shape index (κ2) is 4.98. The molecule has 0 N–H and O–H groups in total. The van der Waals surface area contributed by atoms with Crippen molar-refractivity contribution in [3.63, 3.8) is 0 Å². The number of carbonyl (C=O) groups is 1. The molecule has 0 spiro atoms. The molecule has 0 bridgehead atoms. The number of aromatic nitrogens is 1. The molecule has 0 fully saturated rings. The highest BCUT2D eigenvalue weighted by molar-refractivity contribution is 6.30. The minimum absolute atomic E-state index is 0.0304. The Morgan fingerprint density at radius 2 is 2.20 bits per heavy atom. The molecule has 82 valence electrons. The number of rotatable bonds is 3. The maximum absolute atomic E-state index is 11.2. The summed E-state index contributed by atoms with van der Waals surface area (Å²) in [5.41, 5.74) is 0.317. The number of pyridine rings is 1. The summed E-state index contributed by atoms with van der Waals surface area (Å²) in [4.78, 5) is 15.0. The molecule has 1 heterocycles. The highest BCUT2D eigenvalue weighted by Crippen LogP contribution is 2.24. The molecule has 0 amide bonds. The molecular formula is C10H12ClNO3. The van der Waals surface area contributed by atoms with Gasteiger partial charge in [0.2, 0.25) is 0 Å². The van der Waals surface area contributed by atoms with Crippen molar-refractivity contribution in [1.82, 2.24) is 4.98 Å². The van der Waals surface area contributed by atoms with Gasteiger partial charge in [0.25, 0.3) is 0 Å². The smallest absolute Gasteiger partial charge is 0.339 e. The average Bonchev–Trinajstić information content (AvgIpc) is 2.19. The molecule has 0 aliphatic heterocycles. The van der Waals surface area contributed by atoms with Crippen molar-refractivity contribution in [2.45, 2.75) is 20.0 Å². The molecule has 0 radical (unpaired) electrons. The number of hydrogen-bond acceptors (Lipinski definition) is 4. The van der Waals surface area contributed by atoms with Crippen molar-refractivity contribution in [3.8, 4) is 5.75 Å². The second-order valence-electron chi connectivity index (χ2n) is 3.17. The average molecular weight is 230 g/mol. The van der Waals surface area contributed by atoms with Gasteiger partial charge >= 0.3 is 5.97 Å². The third-order valence-electron chi connectivity index (χ3n) is 1.59. The van der Waals surface area contributed by atoms with Crippen LogP contribution in [0.2, 0.25) is 5.15 Å². The van der Waals surface area contributed by atoms with Crippen molar-refractivity contribution < 1.29 is 14.3 Å². The zero-order chi connectivity index (χ0) is 11.4. The first-order valence-corrected chi connectivity index (χ1v) is 4.83. The van der Waals surface area contributed by atoms with Crippen LogP contribution in [0.25, 0.3) is 0 Å². The van der Waals surface area contributed by atoms with E-state index in [9.17, 15) is 4.79 Å². The van der Waals surface area contributed by atoms with E-state index in [0.29, 0.717) is 11.3 Å². The third-order valence-corrected chi connectivity index (χ3v) is 1.87. The molecule has 4 nitrogen and oxygen atoms in total. The van der Waals surface area contributed by atoms with E-state index in [1.165, 1.54) is 19.4 Å². The lowest BCUT2D eigenvalue weighted by Gasteiger charge is -2.11. The molecule has 1 rings (SSSR count). The topological polar surface area (TPSA) is 48.4 Å². The normalized spacial score (nSPS) is 10.2. The summed E-state index contributed by atoms with van der Waals surface area (Å²) in [6.07, 6.45) is 1.32. The van der Waals surface area contributed by atoms with Crippen LogP contribution in [0.5, 0.6) is 5.75 Å². The number of hydrogen-bond donors (Lipinski definition) is 0. The number of nitrogens with zero attached hydrogens (tertiary/aromatic N) is 1. The molecule has 0 aromatic carbocycles. The predicted molar refractivity (Wildman–Crippen MR) is 56.4 cm³/mol. The summed E-state index contributed by atoms with van der Waals surface area (Å²) in [5.74, 6) is -0.0812. The molecule has 1 aromatic rings. The van der Waals surface area contributed by atoms with Gasteiger partial charge in [-0.25, -0.2) is 9.78 Å². The summed E-state index contributed by atoms with van der Waals surface area (Å²) < 4.78 is 9.94. The predicted octanol–water partition coefficient (Wildman–Crippen LogP) is 2.31. The lowest BCUT2D eigenvalue weighted by molar-refractivity contribution is 0.0599. The Bertz CT molecular complexity index is 366. The van der Waals surface area contributed by atoms with Crippen LogP contribution >= 0.6 is 11.6 Å². The molecule has 0 saturated heterocycles. The van der Waals surface area contributed by atoms with Crippen molar-refractivity contribution in [1.29, 1.82) is 0 Å². The molecule has 0 aliphatic carbocycles. The van der Waals surface area contributed by atoms with E-state index in [2.05, 4.69) is 9.72 Å². The van der Waals surface area contributed by atoms with E-state index in [-0.39, 0.29) is 11.3 Å². The van der Waals surface area contributed by atoms with E-state index in [1.807, 2.05) is 13.8 Å². The van der Waals surface area contributed by atoms with Crippen LogP contribution in [-0.2, 0) is 4.74 Å². The Morgan fingerprint density at radius 1 is 1.53 bits per heavy atom. The van der Waals surface area contributed by atoms with Gasteiger partial charge in [-0.15, -0.1) is 0 Å². The summed E-state index contributed by atoms with van der Waals surface area (Å²) in [6, 6.07) is 1.52. The van der Waals surface area contributed by atoms with Gasteiger partial charge < -0.3 is 9.47 Å². The molecule has 0 atom stereocenters. The number of methoxy groups -OCH3 is 1. The highest BCUT2D eigenvalue weighted by atomic mass is 35.5. The fourth-order valence-corrected chi connectivity index (χ4v) is 1.14. The molecule has 0 saturated carbocycles. The standard InChI is InChI=1S/C10H12ClNO3/c1-6(2)15-8-4-7(10(13)14-3)5-12-9(8)11/h4-6H,1-3H3. The molecular weight excluding hydrogens is 218 g/mol. The van der Waals surface area contributed by atoms with E-state index in [4.69, 9.17) is 16.3 Å². The highest BCUT2D eigenvalue weighted by Gasteiger charge is 2.11. The number of halogens is 1. The largest absolute Gasteiger partial charge is 0.488 e. The monoisotopic (exact) mass is 229 g/mol. The van der Waals surface area contributed by atoms with E-state index < -0.39 is 5.97 Å². The molecule has 5 heteroatoms. The van der Waals surface area contributed by atoms with Crippen molar-refractivity contribution in [2.24, 2.45) is 0 Å². The fraction of sp³-hybridized carbons (Fsp3) is 0.400. The van der Waals surface area contributed by atoms with Crippen LogP contribution in [0.1, 0.15) is 24.2 Å². The van der Waals surface area contributed by atoms with Crippen molar-refractivity contribution in [2.75, 3.05) is 7.11 Å². The van der Waals surface area contributed by atoms with Crippen LogP contribution in [-0.4, -0.2) is 24.2 Å². The van der Waals surface area contributed by atoms with Gasteiger partial charge in [-0.3, -0.25) is 0 Å². The van der Waals surface area contributed by atoms with Crippen LogP contribution in [0.15, 0.2) is 12.3 Å².